The largest absolute Gasteiger partial charge is 0.361 e. The minimum atomic E-state index is -0.274. The van der Waals surface area contributed by atoms with E-state index in [0.717, 1.165) is 66.9 Å². The summed E-state index contributed by atoms with van der Waals surface area (Å²) in [4.78, 5) is 33.6. The number of amides is 2. The first-order valence-electron chi connectivity index (χ1n) is 15.9. The summed E-state index contributed by atoms with van der Waals surface area (Å²) < 4.78 is 10.4. The number of rotatable bonds is 9. The number of carbonyl (C=O) groups is 2. The zero-order valence-electron chi connectivity index (χ0n) is 25.6. The van der Waals surface area contributed by atoms with Gasteiger partial charge in [0.1, 0.15) is 11.6 Å². The second-order valence-electron chi connectivity index (χ2n) is 12.6. The van der Waals surface area contributed by atoms with E-state index in [0.29, 0.717) is 18.1 Å². The third-order valence-corrected chi connectivity index (χ3v) is 9.06. The Balaban J connectivity index is 1.24. The number of aryl methyl sites for hydroxylation is 1. The molecule has 2 aromatic heterocycles. The van der Waals surface area contributed by atoms with Crippen molar-refractivity contribution < 1.29 is 14.3 Å². The van der Waals surface area contributed by atoms with Crippen LogP contribution < -0.4 is 26.6 Å². The predicted octanol–water partition coefficient (Wildman–Crippen LogP) is 2.83. The molecule has 2 amide bonds. The van der Waals surface area contributed by atoms with E-state index in [1.54, 1.807) is 0 Å². The van der Waals surface area contributed by atoms with Gasteiger partial charge in [-0.15, -0.1) is 0 Å². The Hall–Kier alpha value is -3.63. The summed E-state index contributed by atoms with van der Waals surface area (Å²) in [6.45, 7) is 7.85. The van der Waals surface area contributed by atoms with Gasteiger partial charge in [0.2, 0.25) is 11.9 Å². The maximum Gasteiger partial charge on any atom is 0.258 e. The number of benzene rings is 1. The Labute approximate surface area is 253 Å². The first kappa shape index (κ1) is 29.4. The van der Waals surface area contributed by atoms with Crippen LogP contribution >= 0.6 is 0 Å². The van der Waals surface area contributed by atoms with Crippen LogP contribution in [-0.4, -0.2) is 69.3 Å². The molecule has 2 fully saturated rings. The Morgan fingerprint density at radius 1 is 1.09 bits per heavy atom. The van der Waals surface area contributed by atoms with Gasteiger partial charge in [-0.25, -0.2) is 4.98 Å². The van der Waals surface area contributed by atoms with Crippen molar-refractivity contribution in [3.8, 4) is 0 Å². The van der Waals surface area contributed by atoms with E-state index in [4.69, 9.17) is 9.72 Å². The number of nitrogens with zero attached hydrogens (tertiary/aromatic N) is 4. The highest BCUT2D eigenvalue weighted by molar-refractivity contribution is 6.05. The molecule has 1 aliphatic carbocycles. The van der Waals surface area contributed by atoms with Crippen LogP contribution in [0.1, 0.15) is 75.2 Å². The van der Waals surface area contributed by atoms with E-state index in [9.17, 15) is 9.59 Å². The summed E-state index contributed by atoms with van der Waals surface area (Å²) in [5.41, 5.74) is 1.59. The van der Waals surface area contributed by atoms with Gasteiger partial charge in [-0.05, 0) is 95.1 Å². The highest BCUT2D eigenvalue weighted by atomic mass is 16.5. The van der Waals surface area contributed by atoms with Gasteiger partial charge in [-0.3, -0.25) is 14.9 Å². The van der Waals surface area contributed by atoms with Gasteiger partial charge in [0, 0.05) is 55.1 Å². The minimum Gasteiger partial charge on any atom is -0.361 e. The van der Waals surface area contributed by atoms with Crippen molar-refractivity contribution >= 4 is 40.9 Å². The molecule has 1 aromatic carbocycles. The molecular weight excluding hydrogens is 542 g/mol. The van der Waals surface area contributed by atoms with Crippen LogP contribution in [0.2, 0.25) is 0 Å². The molecule has 10 nitrogen and oxygen atoms in total. The molecule has 1 unspecified atom stereocenters. The minimum absolute atomic E-state index is 0.0103. The first-order valence-corrected chi connectivity index (χ1v) is 15.9. The summed E-state index contributed by atoms with van der Waals surface area (Å²) in [7, 11) is 1.98. The maximum absolute atomic E-state index is 13.5. The molecule has 0 spiro atoms. The van der Waals surface area contributed by atoms with Crippen LogP contribution in [0.3, 0.4) is 0 Å². The van der Waals surface area contributed by atoms with Crippen molar-refractivity contribution in [3.63, 3.8) is 0 Å². The molecule has 0 bridgehead atoms. The Morgan fingerprint density at radius 3 is 2.65 bits per heavy atom. The molecule has 3 aliphatic rings. The molecule has 0 radical (unpaired) electrons. The molecule has 1 saturated heterocycles. The number of ether oxygens (including phenoxy) is 1. The molecule has 6 rings (SSSR count). The molecular formula is C33H45N7O3. The average molecular weight is 588 g/mol. The summed E-state index contributed by atoms with van der Waals surface area (Å²) in [6, 6.07) is 8.04. The molecule has 1 saturated carbocycles. The lowest BCUT2D eigenvalue weighted by Gasteiger charge is -2.30. The van der Waals surface area contributed by atoms with Crippen LogP contribution in [0.25, 0.3) is 23.2 Å². The molecule has 1 atom stereocenters. The second-order valence-corrected chi connectivity index (χ2v) is 12.6. The van der Waals surface area contributed by atoms with Gasteiger partial charge in [0.25, 0.3) is 5.91 Å². The lowest BCUT2D eigenvalue weighted by atomic mass is 9.85. The number of likely N-dealkylation sites (tertiary alicyclic amines) is 1. The van der Waals surface area contributed by atoms with E-state index < -0.39 is 0 Å². The lowest BCUT2D eigenvalue weighted by Crippen LogP contribution is -2.44. The molecule has 230 valence electrons. The van der Waals surface area contributed by atoms with E-state index in [1.807, 2.05) is 62.1 Å². The summed E-state index contributed by atoms with van der Waals surface area (Å²) in [5.74, 6) is 0.479. The predicted molar refractivity (Wildman–Crippen MR) is 169 cm³/mol. The van der Waals surface area contributed by atoms with Crippen molar-refractivity contribution in [1.29, 1.82) is 0 Å². The second kappa shape index (κ2) is 12.9. The van der Waals surface area contributed by atoms with Gasteiger partial charge < -0.3 is 29.4 Å². The van der Waals surface area contributed by atoms with Crippen molar-refractivity contribution in [2.75, 3.05) is 31.6 Å². The number of hydrogen-bond donors (Lipinski definition) is 3. The summed E-state index contributed by atoms with van der Waals surface area (Å²) >= 11 is 0. The fourth-order valence-electron chi connectivity index (χ4n) is 6.71. The fourth-order valence-corrected chi connectivity index (χ4v) is 6.71. The third-order valence-electron chi connectivity index (χ3n) is 9.06. The van der Waals surface area contributed by atoms with Crippen molar-refractivity contribution in [3.05, 3.63) is 46.7 Å². The van der Waals surface area contributed by atoms with Crippen molar-refractivity contribution in [1.82, 2.24) is 29.7 Å². The van der Waals surface area contributed by atoms with Crippen molar-refractivity contribution in [2.45, 2.75) is 77.1 Å². The van der Waals surface area contributed by atoms with Gasteiger partial charge in [-0.2, -0.15) is 0 Å². The summed E-state index contributed by atoms with van der Waals surface area (Å²) in [6.07, 6.45) is 12.8. The molecule has 4 heterocycles. The van der Waals surface area contributed by atoms with E-state index >= 15 is 0 Å². The standard InChI is InChI=1S/C33H45N7O3/c1-22(2)35-31(41)24-9-11-26(12-10-24)40-29-20-30(43-18-17-39-14-5-4-6-15-39)34-21-27(29)36-33(40)37-32(42)25-8-7-23-13-16-38(3)28(23)19-25/h7-8,13,16,19-22,24,26,30,34H,4-6,9-12,14-15,17-18H2,1-3H3,(H,35,41)(H,36,37,42). The lowest BCUT2D eigenvalue weighted by molar-refractivity contribution is -0.126. The Kier molecular flexibility index (Phi) is 8.85. The van der Waals surface area contributed by atoms with E-state index in [1.165, 1.54) is 19.3 Å². The Bertz CT molecular complexity index is 1580. The number of aromatic nitrogens is 3. The normalized spacial score (nSPS) is 22.4. The average Bonchev–Trinajstić information content (AvgIpc) is 3.56. The number of piperidine rings is 1. The number of carbonyl (C=O) groups excluding carboxylic acids is 2. The fraction of sp³-hybridized carbons (Fsp3) is 0.545. The van der Waals surface area contributed by atoms with Gasteiger partial charge in [0.05, 0.1) is 12.0 Å². The van der Waals surface area contributed by atoms with Crippen LogP contribution in [0.5, 0.6) is 0 Å². The smallest absolute Gasteiger partial charge is 0.258 e. The number of imidazole rings is 1. The van der Waals surface area contributed by atoms with Crippen LogP contribution in [0.15, 0.2) is 30.5 Å². The van der Waals surface area contributed by atoms with Crippen molar-refractivity contribution in [2.24, 2.45) is 13.0 Å². The maximum atomic E-state index is 13.5. The van der Waals surface area contributed by atoms with Crippen LogP contribution in [0, 0.1) is 5.92 Å². The highest BCUT2D eigenvalue weighted by Gasteiger charge is 2.30. The number of anilines is 1. The zero-order valence-corrected chi connectivity index (χ0v) is 25.6. The third kappa shape index (κ3) is 6.65. The molecule has 3 N–H and O–H groups in total. The van der Waals surface area contributed by atoms with E-state index in [-0.39, 0.29) is 36.0 Å². The van der Waals surface area contributed by atoms with Gasteiger partial charge >= 0.3 is 0 Å². The SMILES string of the molecule is CC(C)NC(=O)C1CCC(n2c(NC(=O)c3ccc4ccn(C)c4c3)nc3c2=CC(OCCN2CCCCC2)NC=3)CC1. The van der Waals surface area contributed by atoms with E-state index in [2.05, 4.69) is 31.5 Å². The Morgan fingerprint density at radius 2 is 1.88 bits per heavy atom. The number of nitrogens with one attached hydrogen (secondary N) is 3. The topological polar surface area (TPSA) is 105 Å². The molecule has 43 heavy (non-hydrogen) atoms. The monoisotopic (exact) mass is 587 g/mol. The highest BCUT2D eigenvalue weighted by Crippen LogP contribution is 2.33. The zero-order chi connectivity index (χ0) is 29.9. The van der Waals surface area contributed by atoms with Gasteiger partial charge in [0.15, 0.2) is 0 Å². The molecule has 2 aliphatic heterocycles. The van der Waals surface area contributed by atoms with Gasteiger partial charge in [-0.1, -0.05) is 12.5 Å². The number of hydrogen-bond acceptors (Lipinski definition) is 6. The molecule has 3 aromatic rings. The summed E-state index contributed by atoms with van der Waals surface area (Å²) in [5, 5.41) is 12.4. The quantitative estimate of drug-likeness (QED) is 0.356. The first-order chi connectivity index (χ1) is 20.9. The molecule has 10 heteroatoms. The van der Waals surface area contributed by atoms with Crippen LogP contribution in [0.4, 0.5) is 5.95 Å². The van der Waals surface area contributed by atoms with Crippen LogP contribution in [-0.2, 0) is 16.6 Å². The number of fused-ring (bicyclic) bond motifs is 2.